The molecule has 0 saturated carbocycles. The Hall–Kier alpha value is -2.94. The van der Waals surface area contributed by atoms with Gasteiger partial charge in [-0.1, -0.05) is 48.0 Å². The molecule has 1 heterocycles. The lowest BCUT2D eigenvalue weighted by molar-refractivity contribution is -0.874. The smallest absolute Gasteiger partial charge is 0.407 e. The molecule has 1 aliphatic rings. The summed E-state index contributed by atoms with van der Waals surface area (Å²) < 4.78 is -0.318. The summed E-state index contributed by atoms with van der Waals surface area (Å²) in [5, 5.41) is 21.3. The number of nitrogens with zero attached hydrogens (tertiary/aromatic N) is 2. The Morgan fingerprint density at radius 1 is 1.17 bits per heavy atom. The summed E-state index contributed by atoms with van der Waals surface area (Å²) in [6.45, 7) is 4.30. The van der Waals surface area contributed by atoms with Crippen molar-refractivity contribution in [2.45, 2.75) is 51.3 Å². The maximum atomic E-state index is 14.1. The maximum absolute atomic E-state index is 14.1. The number of halogens is 1. The molecule has 9 heteroatoms. The molecule has 35 heavy (non-hydrogen) atoms. The van der Waals surface area contributed by atoms with Crippen molar-refractivity contribution in [1.29, 1.82) is 0 Å². The fourth-order valence-electron chi connectivity index (χ4n) is 5.11. The van der Waals surface area contributed by atoms with Gasteiger partial charge in [0.2, 0.25) is 5.60 Å². The molecule has 1 unspecified atom stereocenters. The van der Waals surface area contributed by atoms with Gasteiger partial charge in [0.15, 0.2) is 6.04 Å². The number of quaternary nitrogens is 1. The van der Waals surface area contributed by atoms with Crippen LogP contribution in [0.15, 0.2) is 48.5 Å². The van der Waals surface area contributed by atoms with Crippen LogP contribution in [0, 0.1) is 0 Å². The van der Waals surface area contributed by atoms with Crippen LogP contribution in [0.5, 0.6) is 0 Å². The van der Waals surface area contributed by atoms with Crippen LogP contribution in [0.25, 0.3) is 0 Å². The SMILES string of the molecule is CCN(CCc1ccc(Cl)cc1C[N+]1(C(=O)[C@](C)(O)c2ccccc2)CCC[C@H]1C(N)=O)C(=O)O. The molecule has 3 amide bonds. The van der Waals surface area contributed by atoms with Crippen molar-refractivity contribution in [3.8, 4) is 0 Å². The van der Waals surface area contributed by atoms with Crippen LogP contribution in [0.4, 0.5) is 4.79 Å². The minimum atomic E-state index is -1.85. The summed E-state index contributed by atoms with van der Waals surface area (Å²) in [6.07, 6.45) is 0.443. The maximum Gasteiger partial charge on any atom is 0.407 e. The van der Waals surface area contributed by atoms with Crippen LogP contribution in [-0.2, 0) is 28.2 Å². The van der Waals surface area contributed by atoms with E-state index in [-0.39, 0.29) is 17.6 Å². The summed E-state index contributed by atoms with van der Waals surface area (Å²) in [7, 11) is 0. The van der Waals surface area contributed by atoms with Gasteiger partial charge >= 0.3 is 12.0 Å². The zero-order valence-corrected chi connectivity index (χ0v) is 20.9. The molecule has 4 N–H and O–H groups in total. The number of carbonyl (C=O) groups excluding carboxylic acids is 2. The van der Waals surface area contributed by atoms with E-state index in [1.807, 2.05) is 6.07 Å². The third kappa shape index (κ3) is 5.50. The van der Waals surface area contributed by atoms with E-state index in [1.165, 1.54) is 11.8 Å². The Labute approximate surface area is 210 Å². The number of nitrogens with two attached hydrogens (primary N) is 1. The van der Waals surface area contributed by atoms with Crippen molar-refractivity contribution >= 4 is 29.5 Å². The molecule has 3 rings (SSSR count). The highest BCUT2D eigenvalue weighted by Gasteiger charge is 2.57. The number of aliphatic hydroxyl groups is 1. The molecule has 2 aromatic carbocycles. The van der Waals surface area contributed by atoms with E-state index in [1.54, 1.807) is 49.4 Å². The number of likely N-dealkylation sites (N-methyl/N-ethyl adjacent to an activating group) is 1. The topological polar surface area (TPSA) is 121 Å². The highest BCUT2D eigenvalue weighted by atomic mass is 35.5. The summed E-state index contributed by atoms with van der Waals surface area (Å²) in [4.78, 5) is 39.4. The van der Waals surface area contributed by atoms with Gasteiger partial charge in [-0.2, -0.15) is 0 Å². The number of carboxylic acid groups (broad SMARTS) is 1. The molecule has 0 spiro atoms. The average molecular weight is 503 g/mol. The van der Waals surface area contributed by atoms with Gasteiger partial charge in [-0.25, -0.2) is 14.1 Å². The molecule has 2 aromatic rings. The van der Waals surface area contributed by atoms with Gasteiger partial charge in [-0.15, -0.1) is 0 Å². The lowest BCUT2D eigenvalue weighted by Crippen LogP contribution is -2.64. The number of hydrogen-bond donors (Lipinski definition) is 3. The van der Waals surface area contributed by atoms with Crippen LogP contribution >= 0.6 is 11.6 Å². The molecule has 3 atom stereocenters. The molecule has 188 valence electrons. The molecule has 1 fully saturated rings. The summed E-state index contributed by atoms with van der Waals surface area (Å²) >= 11 is 6.32. The average Bonchev–Trinajstić information content (AvgIpc) is 3.25. The van der Waals surface area contributed by atoms with Gasteiger partial charge in [0.05, 0.1) is 6.54 Å². The fourth-order valence-corrected chi connectivity index (χ4v) is 5.31. The minimum Gasteiger partial charge on any atom is -0.465 e. The monoisotopic (exact) mass is 502 g/mol. The third-order valence-electron chi connectivity index (χ3n) is 7.04. The molecule has 8 nitrogen and oxygen atoms in total. The Balaban J connectivity index is 2.04. The summed E-state index contributed by atoms with van der Waals surface area (Å²) in [5.74, 6) is -1.09. The van der Waals surface area contributed by atoms with Crippen molar-refractivity contribution in [2.75, 3.05) is 19.6 Å². The number of amides is 3. The van der Waals surface area contributed by atoms with Crippen molar-refractivity contribution in [3.05, 3.63) is 70.2 Å². The number of rotatable bonds is 9. The highest BCUT2D eigenvalue weighted by Crippen LogP contribution is 2.38. The van der Waals surface area contributed by atoms with Crippen molar-refractivity contribution in [3.63, 3.8) is 0 Å². The molecular weight excluding hydrogens is 470 g/mol. The van der Waals surface area contributed by atoms with Crippen LogP contribution in [0.1, 0.15) is 43.4 Å². The number of hydrogen-bond acceptors (Lipinski definition) is 4. The molecule has 0 radical (unpaired) electrons. The lowest BCUT2D eigenvalue weighted by atomic mass is 9.91. The number of carbonyl (C=O) groups is 3. The van der Waals surface area contributed by atoms with E-state index < -0.39 is 29.6 Å². The first-order valence-electron chi connectivity index (χ1n) is 11.8. The molecule has 1 saturated heterocycles. The van der Waals surface area contributed by atoms with Crippen molar-refractivity contribution in [2.24, 2.45) is 5.73 Å². The molecule has 0 bridgehead atoms. The second-order valence-electron chi connectivity index (χ2n) is 9.24. The molecular formula is C26H33ClN3O5+. The summed E-state index contributed by atoms with van der Waals surface area (Å²) in [6, 6.07) is 13.1. The van der Waals surface area contributed by atoms with Crippen LogP contribution in [-0.4, -0.2) is 63.2 Å². The van der Waals surface area contributed by atoms with E-state index in [9.17, 15) is 24.6 Å². The lowest BCUT2D eigenvalue weighted by Gasteiger charge is -2.40. The second-order valence-corrected chi connectivity index (χ2v) is 9.68. The van der Waals surface area contributed by atoms with Crippen LogP contribution in [0.2, 0.25) is 5.02 Å². The number of primary amides is 1. The molecule has 0 aliphatic carbocycles. The van der Waals surface area contributed by atoms with E-state index >= 15 is 0 Å². The molecule has 0 aromatic heterocycles. The predicted octanol–water partition coefficient (Wildman–Crippen LogP) is 3.28. The molecule has 1 aliphatic heterocycles. The Kier molecular flexibility index (Phi) is 8.20. The Morgan fingerprint density at radius 2 is 1.86 bits per heavy atom. The zero-order valence-electron chi connectivity index (χ0n) is 20.1. The van der Waals surface area contributed by atoms with Gasteiger partial charge in [-0.05, 0) is 43.5 Å². The third-order valence-corrected chi connectivity index (χ3v) is 7.28. The first-order valence-corrected chi connectivity index (χ1v) is 12.1. The quantitative estimate of drug-likeness (QED) is 0.454. The number of benzene rings is 2. The standard InChI is InChI=1S/C26H32ClN3O5/c1-3-29(25(33)34)14-13-18-11-12-21(27)16-19(18)17-30(15-7-10-22(30)23(28)31)24(32)26(2,35)20-8-5-4-6-9-20/h4-6,8-9,11-12,16,22,35H,3,7,10,13-15,17H2,1-2H3,(H2-,28,31,33,34)/p+1/t22-,26+,30?/m0/s1. The first kappa shape index (κ1) is 26.7. The normalized spacial score (nSPS) is 21.3. The van der Waals surface area contributed by atoms with Crippen LogP contribution < -0.4 is 5.73 Å². The summed E-state index contributed by atoms with van der Waals surface area (Å²) in [5.41, 5.74) is 5.92. The van der Waals surface area contributed by atoms with E-state index in [2.05, 4.69) is 0 Å². The highest BCUT2D eigenvalue weighted by molar-refractivity contribution is 6.30. The van der Waals surface area contributed by atoms with E-state index in [4.69, 9.17) is 17.3 Å². The predicted molar refractivity (Wildman–Crippen MR) is 132 cm³/mol. The first-order chi connectivity index (χ1) is 16.5. The van der Waals surface area contributed by atoms with Crippen LogP contribution in [0.3, 0.4) is 0 Å². The van der Waals surface area contributed by atoms with E-state index in [0.717, 1.165) is 11.1 Å². The zero-order chi connectivity index (χ0) is 25.8. The van der Waals surface area contributed by atoms with Gasteiger partial charge in [0.1, 0.15) is 6.54 Å². The van der Waals surface area contributed by atoms with Gasteiger partial charge in [-0.3, -0.25) is 4.79 Å². The van der Waals surface area contributed by atoms with Gasteiger partial charge < -0.3 is 20.8 Å². The van der Waals surface area contributed by atoms with Crippen molar-refractivity contribution in [1.82, 2.24) is 4.90 Å². The van der Waals surface area contributed by atoms with E-state index in [0.29, 0.717) is 42.9 Å². The largest absolute Gasteiger partial charge is 0.465 e. The van der Waals surface area contributed by atoms with Gasteiger partial charge in [0.25, 0.3) is 5.91 Å². The second kappa shape index (κ2) is 10.8. The number of likely N-dealkylation sites (tertiary alicyclic amines) is 1. The fraction of sp³-hybridized carbons (Fsp3) is 0.423. The van der Waals surface area contributed by atoms with Gasteiger partial charge in [0, 0.05) is 36.5 Å². The Morgan fingerprint density at radius 3 is 2.46 bits per heavy atom. The minimum absolute atomic E-state index is 0.116. The Bertz CT molecular complexity index is 1090. The van der Waals surface area contributed by atoms with Crippen molar-refractivity contribution < 1.29 is 29.1 Å².